The molecule has 6 nitrogen and oxygen atoms in total. The van der Waals surface area contributed by atoms with Crippen LogP contribution in [0.2, 0.25) is 0 Å². The maximum Gasteiger partial charge on any atom is 0.251 e. The predicted molar refractivity (Wildman–Crippen MR) is 123 cm³/mol. The molecule has 3 rings (SSSR count). The average Bonchev–Trinajstić information content (AvgIpc) is 2.80. The number of nitrogens with zero attached hydrogens (tertiary/aromatic N) is 2. The molecule has 2 aromatic rings. The smallest absolute Gasteiger partial charge is 0.251 e. The van der Waals surface area contributed by atoms with Crippen LogP contribution in [-0.4, -0.2) is 56.3 Å². The summed E-state index contributed by atoms with van der Waals surface area (Å²) in [6, 6.07) is 16.7. The molecular formula is C24H33N3O3S. The van der Waals surface area contributed by atoms with Gasteiger partial charge in [-0.25, -0.2) is 8.42 Å². The SMILES string of the molecule is CCN(CC)S(=O)(=O)c1ccc(C(=O)NCC2CCN(Cc3ccccc3)CC2)cc1. The highest BCUT2D eigenvalue weighted by molar-refractivity contribution is 7.89. The van der Waals surface area contributed by atoms with E-state index >= 15 is 0 Å². The summed E-state index contributed by atoms with van der Waals surface area (Å²) in [5.41, 5.74) is 1.82. The lowest BCUT2D eigenvalue weighted by Crippen LogP contribution is -2.38. The highest BCUT2D eigenvalue weighted by Gasteiger charge is 2.22. The lowest BCUT2D eigenvalue weighted by atomic mass is 9.96. The summed E-state index contributed by atoms with van der Waals surface area (Å²) in [6.07, 6.45) is 2.13. The Labute approximate surface area is 186 Å². The van der Waals surface area contributed by atoms with Gasteiger partial charge in [-0.3, -0.25) is 9.69 Å². The molecule has 0 saturated carbocycles. The number of piperidine rings is 1. The van der Waals surface area contributed by atoms with E-state index in [0.717, 1.165) is 32.5 Å². The minimum Gasteiger partial charge on any atom is -0.352 e. The van der Waals surface area contributed by atoms with Gasteiger partial charge in [0.05, 0.1) is 4.90 Å². The van der Waals surface area contributed by atoms with E-state index in [9.17, 15) is 13.2 Å². The first-order valence-electron chi connectivity index (χ1n) is 11.1. The second-order valence-corrected chi connectivity index (χ2v) is 9.97. The summed E-state index contributed by atoms with van der Waals surface area (Å²) < 4.78 is 26.6. The quantitative estimate of drug-likeness (QED) is 0.645. The standard InChI is InChI=1S/C24H33N3O3S/c1-3-27(4-2)31(29,30)23-12-10-22(11-13-23)24(28)25-18-20-14-16-26(17-15-20)19-21-8-6-5-7-9-21/h5-13,20H,3-4,14-19H2,1-2H3,(H,25,28). The van der Waals surface area contributed by atoms with E-state index in [1.165, 1.54) is 22.0 Å². The second-order valence-electron chi connectivity index (χ2n) is 8.03. The van der Waals surface area contributed by atoms with E-state index in [-0.39, 0.29) is 10.8 Å². The van der Waals surface area contributed by atoms with Crippen molar-refractivity contribution in [1.29, 1.82) is 0 Å². The minimum absolute atomic E-state index is 0.154. The third kappa shape index (κ3) is 6.15. The van der Waals surface area contributed by atoms with Crippen LogP contribution in [0.5, 0.6) is 0 Å². The first-order chi connectivity index (χ1) is 14.9. The fraction of sp³-hybridized carbons (Fsp3) is 0.458. The van der Waals surface area contributed by atoms with Crippen LogP contribution in [-0.2, 0) is 16.6 Å². The molecule has 7 heteroatoms. The Balaban J connectivity index is 1.47. The molecule has 0 bridgehead atoms. The third-order valence-electron chi connectivity index (χ3n) is 5.97. The number of rotatable bonds is 9. The molecule has 1 aliphatic heterocycles. The maximum absolute atomic E-state index is 12.6. The Bertz CT molecular complexity index is 934. The monoisotopic (exact) mass is 443 g/mol. The molecule has 0 atom stereocenters. The normalized spacial score (nSPS) is 15.8. The number of amides is 1. The lowest BCUT2D eigenvalue weighted by Gasteiger charge is -2.32. The number of likely N-dealkylation sites (tertiary alicyclic amines) is 1. The molecule has 0 aliphatic carbocycles. The Morgan fingerprint density at radius 2 is 1.61 bits per heavy atom. The van der Waals surface area contributed by atoms with Crippen molar-refractivity contribution in [2.24, 2.45) is 5.92 Å². The van der Waals surface area contributed by atoms with Gasteiger partial charge in [-0.1, -0.05) is 44.2 Å². The summed E-state index contributed by atoms with van der Waals surface area (Å²) in [5, 5.41) is 3.02. The van der Waals surface area contributed by atoms with Crippen molar-refractivity contribution >= 4 is 15.9 Å². The van der Waals surface area contributed by atoms with Gasteiger partial charge in [-0.2, -0.15) is 4.31 Å². The summed E-state index contributed by atoms with van der Waals surface area (Å²) in [7, 11) is -3.50. The van der Waals surface area contributed by atoms with Gasteiger partial charge in [0, 0.05) is 31.7 Å². The van der Waals surface area contributed by atoms with Crippen LogP contribution in [0.4, 0.5) is 0 Å². The average molecular weight is 444 g/mol. The lowest BCUT2D eigenvalue weighted by molar-refractivity contribution is 0.0935. The van der Waals surface area contributed by atoms with Gasteiger partial charge in [0.25, 0.3) is 5.91 Å². The largest absolute Gasteiger partial charge is 0.352 e. The molecule has 1 amide bonds. The third-order valence-corrected chi connectivity index (χ3v) is 8.03. The van der Waals surface area contributed by atoms with E-state index < -0.39 is 10.0 Å². The van der Waals surface area contributed by atoms with Crippen molar-refractivity contribution < 1.29 is 13.2 Å². The van der Waals surface area contributed by atoms with E-state index in [4.69, 9.17) is 0 Å². The minimum atomic E-state index is -3.50. The van der Waals surface area contributed by atoms with E-state index in [1.807, 2.05) is 19.9 Å². The fourth-order valence-corrected chi connectivity index (χ4v) is 5.48. The summed E-state index contributed by atoms with van der Waals surface area (Å²) in [4.78, 5) is 15.2. The molecule has 31 heavy (non-hydrogen) atoms. The molecule has 2 aromatic carbocycles. The predicted octanol–water partition coefficient (Wildman–Crippen LogP) is 3.36. The zero-order valence-electron chi connectivity index (χ0n) is 18.5. The van der Waals surface area contributed by atoms with Crippen LogP contribution in [0, 0.1) is 5.92 Å². The Hall–Kier alpha value is -2.22. The molecule has 168 valence electrons. The number of hydrogen-bond donors (Lipinski definition) is 1. The molecule has 1 heterocycles. The number of hydrogen-bond acceptors (Lipinski definition) is 4. The molecule has 0 unspecified atom stereocenters. The van der Waals surface area contributed by atoms with Crippen molar-refractivity contribution in [2.75, 3.05) is 32.7 Å². The van der Waals surface area contributed by atoms with Gasteiger partial charge in [0.15, 0.2) is 0 Å². The highest BCUT2D eigenvalue weighted by atomic mass is 32.2. The summed E-state index contributed by atoms with van der Waals surface area (Å²) in [6.45, 7) is 8.17. The van der Waals surface area contributed by atoms with E-state index in [0.29, 0.717) is 31.1 Å². The molecular weight excluding hydrogens is 410 g/mol. The van der Waals surface area contributed by atoms with Gasteiger partial charge >= 0.3 is 0 Å². The molecule has 0 spiro atoms. The van der Waals surface area contributed by atoms with Gasteiger partial charge in [0.2, 0.25) is 10.0 Å². The van der Waals surface area contributed by atoms with Crippen LogP contribution >= 0.6 is 0 Å². The zero-order valence-corrected chi connectivity index (χ0v) is 19.3. The molecule has 1 aliphatic rings. The number of benzene rings is 2. The van der Waals surface area contributed by atoms with Gasteiger partial charge in [-0.05, 0) is 61.7 Å². The Kier molecular flexibility index (Phi) is 8.23. The maximum atomic E-state index is 12.6. The zero-order chi connectivity index (χ0) is 22.3. The molecule has 1 saturated heterocycles. The van der Waals surface area contributed by atoms with Gasteiger partial charge in [-0.15, -0.1) is 0 Å². The van der Waals surface area contributed by atoms with Crippen molar-refractivity contribution in [3.63, 3.8) is 0 Å². The van der Waals surface area contributed by atoms with Crippen molar-refractivity contribution in [2.45, 2.75) is 38.1 Å². The Morgan fingerprint density at radius 3 is 2.19 bits per heavy atom. The summed E-state index contributed by atoms with van der Waals surface area (Å²) >= 11 is 0. The molecule has 0 radical (unpaired) electrons. The van der Waals surface area contributed by atoms with Crippen LogP contribution in [0.3, 0.4) is 0 Å². The van der Waals surface area contributed by atoms with E-state index in [1.54, 1.807) is 12.1 Å². The Morgan fingerprint density at radius 1 is 1.00 bits per heavy atom. The molecule has 1 fully saturated rings. The fourth-order valence-electron chi connectivity index (χ4n) is 4.02. The van der Waals surface area contributed by atoms with Crippen LogP contribution in [0.15, 0.2) is 59.5 Å². The number of carbonyl (C=O) groups excluding carboxylic acids is 1. The van der Waals surface area contributed by atoms with Crippen molar-refractivity contribution in [3.8, 4) is 0 Å². The first-order valence-corrected chi connectivity index (χ1v) is 12.5. The van der Waals surface area contributed by atoms with Crippen LogP contribution in [0.1, 0.15) is 42.6 Å². The van der Waals surface area contributed by atoms with Gasteiger partial charge in [0.1, 0.15) is 0 Å². The van der Waals surface area contributed by atoms with E-state index in [2.05, 4.69) is 34.5 Å². The molecule has 1 N–H and O–H groups in total. The molecule has 0 aromatic heterocycles. The highest BCUT2D eigenvalue weighted by Crippen LogP contribution is 2.19. The number of sulfonamides is 1. The van der Waals surface area contributed by atoms with Crippen molar-refractivity contribution in [1.82, 2.24) is 14.5 Å². The topological polar surface area (TPSA) is 69.7 Å². The van der Waals surface area contributed by atoms with Gasteiger partial charge < -0.3 is 5.32 Å². The van der Waals surface area contributed by atoms with Crippen LogP contribution < -0.4 is 5.32 Å². The number of carbonyl (C=O) groups is 1. The van der Waals surface area contributed by atoms with Crippen molar-refractivity contribution in [3.05, 3.63) is 65.7 Å². The number of nitrogens with one attached hydrogen (secondary N) is 1. The van der Waals surface area contributed by atoms with Crippen LogP contribution in [0.25, 0.3) is 0 Å². The summed E-state index contributed by atoms with van der Waals surface area (Å²) in [5.74, 6) is 0.316. The second kappa shape index (κ2) is 10.9. The first kappa shape index (κ1) is 23.4.